The van der Waals surface area contributed by atoms with Crippen LogP contribution in [0.1, 0.15) is 10.5 Å². The Morgan fingerprint density at radius 2 is 2.14 bits per heavy atom. The number of amides is 1. The maximum absolute atomic E-state index is 11.8. The molecule has 0 fully saturated rings. The highest BCUT2D eigenvalue weighted by Gasteiger charge is 2.14. The van der Waals surface area contributed by atoms with Gasteiger partial charge in [-0.05, 0) is 29.8 Å². The van der Waals surface area contributed by atoms with Gasteiger partial charge in [0.2, 0.25) is 0 Å². The number of aromatic amines is 1. The molecule has 0 aliphatic rings. The van der Waals surface area contributed by atoms with E-state index in [-0.39, 0.29) is 5.91 Å². The van der Waals surface area contributed by atoms with E-state index in [2.05, 4.69) is 25.5 Å². The van der Waals surface area contributed by atoms with Crippen LogP contribution in [0.25, 0.3) is 27.7 Å². The molecule has 0 bridgehead atoms. The van der Waals surface area contributed by atoms with Crippen molar-refractivity contribution in [1.82, 2.24) is 30.1 Å². The van der Waals surface area contributed by atoms with E-state index in [9.17, 15) is 4.79 Å². The van der Waals surface area contributed by atoms with Gasteiger partial charge in [-0.25, -0.2) is 4.98 Å². The van der Waals surface area contributed by atoms with Crippen molar-refractivity contribution in [3.05, 3.63) is 48.5 Å². The number of carbonyl (C=O) groups is 1. The molecule has 0 atom stereocenters. The summed E-state index contributed by atoms with van der Waals surface area (Å²) in [4.78, 5) is 19.1. The fourth-order valence-corrected chi connectivity index (χ4v) is 2.56. The lowest BCUT2D eigenvalue weighted by Gasteiger charge is -2.00. The van der Waals surface area contributed by atoms with Crippen molar-refractivity contribution in [1.29, 1.82) is 0 Å². The molecule has 0 aliphatic heterocycles. The fourth-order valence-electron chi connectivity index (χ4n) is 2.56. The lowest BCUT2D eigenvalue weighted by atomic mass is 10.1. The first-order chi connectivity index (χ1) is 10.8. The van der Waals surface area contributed by atoms with E-state index in [1.165, 1.54) is 0 Å². The Labute approximate surface area is 125 Å². The Morgan fingerprint density at radius 1 is 1.23 bits per heavy atom. The van der Waals surface area contributed by atoms with E-state index < -0.39 is 0 Å². The van der Waals surface area contributed by atoms with Crippen LogP contribution in [0, 0.1) is 0 Å². The molecule has 0 radical (unpaired) electrons. The molecule has 0 aliphatic carbocycles. The number of hydrogen-bond donors (Lipinski definition) is 2. The predicted molar refractivity (Wildman–Crippen MR) is 81.5 cm³/mol. The summed E-state index contributed by atoms with van der Waals surface area (Å²) in [5, 5.41) is 11.9. The first-order valence-corrected chi connectivity index (χ1v) is 6.77. The van der Waals surface area contributed by atoms with E-state index in [1.54, 1.807) is 36.3 Å². The van der Waals surface area contributed by atoms with Crippen molar-refractivity contribution in [2.75, 3.05) is 7.05 Å². The van der Waals surface area contributed by atoms with Crippen LogP contribution in [-0.2, 0) is 0 Å². The summed E-state index contributed by atoms with van der Waals surface area (Å²) < 4.78 is 1.58. The van der Waals surface area contributed by atoms with E-state index in [1.807, 2.05) is 18.2 Å². The van der Waals surface area contributed by atoms with Gasteiger partial charge in [0.25, 0.3) is 5.91 Å². The number of nitrogens with one attached hydrogen (secondary N) is 2. The molecule has 1 amide bonds. The lowest BCUT2D eigenvalue weighted by molar-refractivity contribution is 0.0959. The third-order valence-electron chi connectivity index (χ3n) is 3.60. The Hall–Kier alpha value is -3.22. The first-order valence-electron chi connectivity index (χ1n) is 6.77. The molecule has 4 rings (SSSR count). The van der Waals surface area contributed by atoms with E-state index >= 15 is 0 Å². The summed E-state index contributed by atoms with van der Waals surface area (Å²) in [5.74, 6) is -0.175. The van der Waals surface area contributed by atoms with Crippen LogP contribution in [0.4, 0.5) is 0 Å². The molecule has 0 saturated heterocycles. The summed E-state index contributed by atoms with van der Waals surface area (Å²) in [6.07, 6.45) is 5.16. The summed E-state index contributed by atoms with van der Waals surface area (Å²) >= 11 is 0. The van der Waals surface area contributed by atoms with Crippen molar-refractivity contribution in [3.8, 4) is 11.1 Å². The molecule has 7 heteroatoms. The molecule has 0 unspecified atom stereocenters. The van der Waals surface area contributed by atoms with Gasteiger partial charge in [0.1, 0.15) is 11.3 Å². The van der Waals surface area contributed by atoms with Gasteiger partial charge < -0.3 is 10.3 Å². The van der Waals surface area contributed by atoms with Crippen LogP contribution in [0.5, 0.6) is 0 Å². The third kappa shape index (κ3) is 1.76. The number of H-pyrrole nitrogens is 1. The molecule has 7 nitrogen and oxygen atoms in total. The highest BCUT2D eigenvalue weighted by Crippen LogP contribution is 2.30. The van der Waals surface area contributed by atoms with Gasteiger partial charge in [-0.15, -0.1) is 0 Å². The molecule has 0 spiro atoms. The molecule has 0 aromatic carbocycles. The second-order valence-electron chi connectivity index (χ2n) is 4.84. The lowest BCUT2D eigenvalue weighted by Crippen LogP contribution is -2.17. The molecular formula is C15H12N6O. The monoisotopic (exact) mass is 292 g/mol. The number of rotatable bonds is 2. The number of nitrogens with zero attached hydrogens (tertiary/aromatic N) is 4. The van der Waals surface area contributed by atoms with Gasteiger partial charge in [0.05, 0.1) is 11.7 Å². The molecule has 2 N–H and O–H groups in total. The second-order valence-corrected chi connectivity index (χ2v) is 4.84. The van der Waals surface area contributed by atoms with Gasteiger partial charge in [-0.2, -0.15) is 14.8 Å². The number of carbonyl (C=O) groups excluding carboxylic acids is 1. The minimum atomic E-state index is -0.175. The minimum Gasteiger partial charge on any atom is -0.354 e. The quantitative estimate of drug-likeness (QED) is 0.588. The Balaban J connectivity index is 1.98. The molecule has 0 saturated carbocycles. The van der Waals surface area contributed by atoms with Crippen LogP contribution in [0.3, 0.4) is 0 Å². The zero-order valence-electron chi connectivity index (χ0n) is 11.7. The molecule has 22 heavy (non-hydrogen) atoms. The van der Waals surface area contributed by atoms with Crippen molar-refractivity contribution in [2.24, 2.45) is 0 Å². The van der Waals surface area contributed by atoms with Crippen LogP contribution < -0.4 is 5.32 Å². The Kier molecular flexibility index (Phi) is 2.65. The normalized spacial score (nSPS) is 11.1. The number of fused-ring (bicyclic) bond motifs is 2. The van der Waals surface area contributed by atoms with Gasteiger partial charge in [0, 0.05) is 30.4 Å². The third-order valence-corrected chi connectivity index (χ3v) is 3.60. The van der Waals surface area contributed by atoms with Crippen molar-refractivity contribution in [2.45, 2.75) is 0 Å². The predicted octanol–water partition coefficient (Wildman–Crippen LogP) is 1.63. The summed E-state index contributed by atoms with van der Waals surface area (Å²) in [5.41, 5.74) is 3.95. The van der Waals surface area contributed by atoms with Crippen molar-refractivity contribution in [3.63, 3.8) is 0 Å². The maximum Gasteiger partial charge on any atom is 0.267 e. The van der Waals surface area contributed by atoms with Crippen LogP contribution >= 0.6 is 0 Å². The van der Waals surface area contributed by atoms with Gasteiger partial charge in [-0.3, -0.25) is 4.79 Å². The molecule has 4 aromatic heterocycles. The highest BCUT2D eigenvalue weighted by atomic mass is 16.1. The molecule has 4 aromatic rings. The smallest absolute Gasteiger partial charge is 0.267 e. The van der Waals surface area contributed by atoms with Crippen LogP contribution in [-0.4, -0.2) is 37.8 Å². The van der Waals surface area contributed by atoms with Crippen molar-refractivity contribution >= 4 is 22.5 Å². The molecule has 108 valence electrons. The number of aromatic nitrogens is 5. The van der Waals surface area contributed by atoms with Gasteiger partial charge in [-0.1, -0.05) is 0 Å². The fraction of sp³-hybridized carbons (Fsp3) is 0.0667. The maximum atomic E-state index is 11.8. The average Bonchev–Trinajstić information content (AvgIpc) is 3.17. The largest absolute Gasteiger partial charge is 0.354 e. The number of pyridine rings is 1. The first kappa shape index (κ1) is 12.5. The topological polar surface area (TPSA) is 88.0 Å². The molecular weight excluding hydrogens is 280 g/mol. The van der Waals surface area contributed by atoms with E-state index in [4.69, 9.17) is 0 Å². The second kappa shape index (κ2) is 4.66. The van der Waals surface area contributed by atoms with Crippen LogP contribution in [0.2, 0.25) is 0 Å². The van der Waals surface area contributed by atoms with Gasteiger partial charge in [0.15, 0.2) is 0 Å². The zero-order valence-corrected chi connectivity index (χ0v) is 11.7. The average molecular weight is 292 g/mol. The Bertz CT molecular complexity index is 1000. The minimum absolute atomic E-state index is 0.175. The summed E-state index contributed by atoms with van der Waals surface area (Å²) in [7, 11) is 1.60. The zero-order chi connectivity index (χ0) is 15.1. The molecule has 4 heterocycles. The van der Waals surface area contributed by atoms with E-state index in [0.29, 0.717) is 11.3 Å². The van der Waals surface area contributed by atoms with Crippen LogP contribution in [0.15, 0.2) is 42.9 Å². The van der Waals surface area contributed by atoms with E-state index in [0.717, 1.165) is 22.0 Å². The van der Waals surface area contributed by atoms with Crippen molar-refractivity contribution < 1.29 is 4.79 Å². The Morgan fingerprint density at radius 3 is 3.00 bits per heavy atom. The van der Waals surface area contributed by atoms with Gasteiger partial charge >= 0.3 is 0 Å². The summed E-state index contributed by atoms with van der Waals surface area (Å²) in [6, 6.07) is 7.53. The highest BCUT2D eigenvalue weighted by molar-refractivity contribution is 6.03. The SMILES string of the molecule is CNC(=O)c1cc2c(-c3cnn4ncccc34)ccnc2[nH]1. The number of hydrogen-bond acceptors (Lipinski definition) is 4. The standard InChI is InChI=1S/C15H12N6O/c1-16-15(22)12-7-10-9(4-6-17-14(10)20-12)11-8-19-21-13(11)3-2-5-18-21/h2-8H,1H3,(H,16,22)(H,17,20). The summed E-state index contributed by atoms with van der Waals surface area (Å²) in [6.45, 7) is 0.